The number of hydrogen-bond acceptors (Lipinski definition) is 2. The van der Waals surface area contributed by atoms with Crippen molar-refractivity contribution in [2.45, 2.75) is 25.3 Å². The molecule has 3 rings (SSSR count). The highest BCUT2D eigenvalue weighted by atomic mass is 19.1. The molecule has 2 aliphatic rings. The Bertz CT molecular complexity index is 461. The number of piperidine rings is 1. The lowest BCUT2D eigenvalue weighted by atomic mass is 10.0. The fraction of sp³-hybridized carbons (Fsp3) is 0.462. The Labute approximate surface area is 99.2 Å². The van der Waals surface area contributed by atoms with E-state index in [9.17, 15) is 9.18 Å². The van der Waals surface area contributed by atoms with Crippen molar-refractivity contribution in [3.05, 3.63) is 29.6 Å². The van der Waals surface area contributed by atoms with Crippen LogP contribution in [-0.4, -0.2) is 30.0 Å². The third-order valence-electron chi connectivity index (χ3n) is 3.51. The van der Waals surface area contributed by atoms with Crippen LogP contribution in [0.15, 0.2) is 18.2 Å². The van der Waals surface area contributed by atoms with Crippen LogP contribution in [-0.2, 0) is 0 Å². The van der Waals surface area contributed by atoms with Crippen molar-refractivity contribution in [1.82, 2.24) is 4.90 Å². The van der Waals surface area contributed by atoms with E-state index in [1.54, 1.807) is 17.0 Å². The number of halogens is 1. The Morgan fingerprint density at radius 3 is 3.12 bits per heavy atom. The van der Waals surface area contributed by atoms with Crippen LogP contribution in [0.25, 0.3) is 0 Å². The first-order chi connectivity index (χ1) is 8.27. The lowest BCUT2D eigenvalue weighted by Crippen LogP contribution is -2.45. The second-order valence-electron chi connectivity index (χ2n) is 4.57. The molecule has 90 valence electrons. The SMILES string of the molecule is O=C1c2c(F)cccc2OCC2CCCCN12. The summed E-state index contributed by atoms with van der Waals surface area (Å²) in [7, 11) is 0. The summed E-state index contributed by atoms with van der Waals surface area (Å²) in [5.41, 5.74) is 0.0944. The highest BCUT2D eigenvalue weighted by Gasteiger charge is 2.34. The Hall–Kier alpha value is -1.58. The molecule has 0 N–H and O–H groups in total. The maximum absolute atomic E-state index is 13.7. The molecule has 1 aromatic carbocycles. The van der Waals surface area contributed by atoms with Gasteiger partial charge < -0.3 is 9.64 Å². The predicted octanol–water partition coefficient (Wildman–Crippen LogP) is 2.21. The van der Waals surface area contributed by atoms with Crippen LogP contribution in [0.3, 0.4) is 0 Å². The van der Waals surface area contributed by atoms with Crippen LogP contribution in [0, 0.1) is 5.82 Å². The topological polar surface area (TPSA) is 29.5 Å². The van der Waals surface area contributed by atoms with Gasteiger partial charge in [-0.05, 0) is 31.4 Å². The molecule has 0 aromatic heterocycles. The minimum atomic E-state index is -0.487. The fourth-order valence-corrected chi connectivity index (χ4v) is 2.60. The van der Waals surface area contributed by atoms with Crippen LogP contribution < -0.4 is 4.74 Å². The van der Waals surface area contributed by atoms with E-state index in [0.717, 1.165) is 19.3 Å². The number of rotatable bonds is 0. The lowest BCUT2D eigenvalue weighted by molar-refractivity contribution is 0.0575. The van der Waals surface area contributed by atoms with E-state index in [1.807, 2.05) is 0 Å². The highest BCUT2D eigenvalue weighted by molar-refractivity contribution is 5.97. The van der Waals surface area contributed by atoms with E-state index in [-0.39, 0.29) is 17.5 Å². The quantitative estimate of drug-likeness (QED) is 0.690. The van der Waals surface area contributed by atoms with E-state index >= 15 is 0 Å². The average Bonchev–Trinajstić information content (AvgIpc) is 2.49. The van der Waals surface area contributed by atoms with Gasteiger partial charge in [0.15, 0.2) is 0 Å². The molecule has 2 aliphatic heterocycles. The minimum Gasteiger partial charge on any atom is -0.490 e. The largest absolute Gasteiger partial charge is 0.490 e. The molecule has 1 amide bonds. The van der Waals surface area contributed by atoms with E-state index < -0.39 is 5.82 Å². The number of hydrogen-bond donors (Lipinski definition) is 0. The zero-order valence-corrected chi connectivity index (χ0v) is 9.49. The number of ether oxygens (including phenoxy) is 1. The highest BCUT2D eigenvalue weighted by Crippen LogP contribution is 2.30. The van der Waals surface area contributed by atoms with Gasteiger partial charge in [0.05, 0.1) is 6.04 Å². The molecule has 1 aromatic rings. The van der Waals surface area contributed by atoms with E-state index in [2.05, 4.69) is 0 Å². The van der Waals surface area contributed by atoms with Gasteiger partial charge in [0.25, 0.3) is 5.91 Å². The van der Waals surface area contributed by atoms with Crippen LogP contribution in [0.2, 0.25) is 0 Å². The van der Waals surface area contributed by atoms with E-state index in [0.29, 0.717) is 18.9 Å². The maximum Gasteiger partial charge on any atom is 0.260 e. The molecule has 4 heteroatoms. The molecule has 1 atom stereocenters. The average molecular weight is 235 g/mol. The molecular weight excluding hydrogens is 221 g/mol. The van der Waals surface area contributed by atoms with Gasteiger partial charge >= 0.3 is 0 Å². The van der Waals surface area contributed by atoms with Gasteiger partial charge in [0, 0.05) is 6.54 Å². The number of amides is 1. The molecule has 17 heavy (non-hydrogen) atoms. The normalized spacial score (nSPS) is 23.5. The first-order valence-electron chi connectivity index (χ1n) is 5.99. The van der Waals surface area contributed by atoms with Crippen molar-refractivity contribution >= 4 is 5.91 Å². The van der Waals surface area contributed by atoms with Crippen LogP contribution >= 0.6 is 0 Å². The third kappa shape index (κ3) is 1.68. The van der Waals surface area contributed by atoms with Crippen molar-refractivity contribution < 1.29 is 13.9 Å². The first kappa shape index (κ1) is 10.6. The van der Waals surface area contributed by atoms with Crippen LogP contribution in [0.5, 0.6) is 5.75 Å². The third-order valence-corrected chi connectivity index (χ3v) is 3.51. The molecule has 0 bridgehead atoms. The molecule has 0 saturated carbocycles. The molecule has 1 fully saturated rings. The standard InChI is InChI=1S/C13H14FNO2/c14-10-5-3-6-11-12(10)13(16)15-7-2-1-4-9(15)8-17-11/h3,5-6,9H,1-2,4,7-8H2. The summed E-state index contributed by atoms with van der Waals surface area (Å²) >= 11 is 0. The Balaban J connectivity index is 2.05. The Morgan fingerprint density at radius 1 is 1.35 bits per heavy atom. The van der Waals surface area contributed by atoms with Crippen molar-refractivity contribution in [3.8, 4) is 5.75 Å². The summed E-state index contributed by atoms with van der Waals surface area (Å²) in [6, 6.07) is 4.65. The molecule has 0 spiro atoms. The van der Waals surface area contributed by atoms with Gasteiger partial charge in [-0.15, -0.1) is 0 Å². The van der Waals surface area contributed by atoms with Crippen molar-refractivity contribution in [2.75, 3.05) is 13.2 Å². The number of carbonyl (C=O) groups is 1. The Kier molecular flexibility index (Phi) is 2.50. The first-order valence-corrected chi connectivity index (χ1v) is 5.99. The second kappa shape index (κ2) is 4.02. The van der Waals surface area contributed by atoms with E-state index in [1.165, 1.54) is 6.07 Å². The molecule has 0 radical (unpaired) electrons. The summed E-state index contributed by atoms with van der Waals surface area (Å²) < 4.78 is 19.3. The van der Waals surface area contributed by atoms with Gasteiger partial charge in [-0.2, -0.15) is 0 Å². The molecule has 1 saturated heterocycles. The van der Waals surface area contributed by atoms with Crippen LogP contribution in [0.4, 0.5) is 4.39 Å². The van der Waals surface area contributed by atoms with Crippen molar-refractivity contribution in [3.63, 3.8) is 0 Å². The molecule has 2 heterocycles. The lowest BCUT2D eigenvalue weighted by Gasteiger charge is -2.33. The number of carbonyl (C=O) groups excluding carboxylic acids is 1. The summed E-state index contributed by atoms with van der Waals surface area (Å²) in [6.45, 7) is 1.18. The van der Waals surface area contributed by atoms with Gasteiger partial charge in [0.1, 0.15) is 23.7 Å². The summed E-state index contributed by atoms with van der Waals surface area (Å²) in [4.78, 5) is 14.1. The monoisotopic (exact) mass is 235 g/mol. The number of benzene rings is 1. The van der Waals surface area contributed by atoms with Crippen molar-refractivity contribution in [2.24, 2.45) is 0 Å². The Morgan fingerprint density at radius 2 is 2.24 bits per heavy atom. The second-order valence-corrected chi connectivity index (χ2v) is 4.57. The van der Waals surface area contributed by atoms with Crippen molar-refractivity contribution in [1.29, 1.82) is 0 Å². The van der Waals surface area contributed by atoms with Gasteiger partial charge in [0.2, 0.25) is 0 Å². The van der Waals surface area contributed by atoms with Gasteiger partial charge in [-0.1, -0.05) is 6.07 Å². The summed E-state index contributed by atoms with van der Waals surface area (Å²) in [5.74, 6) is -0.330. The zero-order valence-electron chi connectivity index (χ0n) is 9.49. The fourth-order valence-electron chi connectivity index (χ4n) is 2.60. The molecule has 1 unspecified atom stereocenters. The molecular formula is C13H14FNO2. The minimum absolute atomic E-state index is 0.0944. The summed E-state index contributed by atoms with van der Waals surface area (Å²) in [5, 5.41) is 0. The van der Waals surface area contributed by atoms with E-state index in [4.69, 9.17) is 4.74 Å². The molecule has 0 aliphatic carbocycles. The smallest absolute Gasteiger partial charge is 0.260 e. The van der Waals surface area contributed by atoms with Crippen LogP contribution in [0.1, 0.15) is 29.6 Å². The molecule has 3 nitrogen and oxygen atoms in total. The summed E-state index contributed by atoms with van der Waals surface area (Å²) in [6.07, 6.45) is 3.05. The van der Waals surface area contributed by atoms with Gasteiger partial charge in [-0.3, -0.25) is 4.79 Å². The van der Waals surface area contributed by atoms with Gasteiger partial charge in [-0.25, -0.2) is 4.39 Å². The maximum atomic E-state index is 13.7. The number of nitrogens with zero attached hydrogens (tertiary/aromatic N) is 1. The number of fused-ring (bicyclic) bond motifs is 2. The zero-order chi connectivity index (χ0) is 11.8. The predicted molar refractivity (Wildman–Crippen MR) is 60.6 cm³/mol.